The van der Waals surface area contributed by atoms with Crippen molar-refractivity contribution in [1.29, 1.82) is 0 Å². The lowest BCUT2D eigenvalue weighted by molar-refractivity contribution is -0.826. The molecule has 54 valence electrons. The second-order valence-electron chi connectivity index (χ2n) is 2.00. The van der Waals surface area contributed by atoms with Gasteiger partial charge in [-0.25, -0.2) is 0 Å². The molecule has 0 bridgehead atoms. The van der Waals surface area contributed by atoms with E-state index in [0.29, 0.717) is 18.9 Å². The molecule has 9 heavy (non-hydrogen) atoms. The van der Waals surface area contributed by atoms with Crippen LogP contribution in [-0.2, 0) is 4.74 Å². The molecule has 1 atom stereocenters. The van der Waals surface area contributed by atoms with Crippen LogP contribution in [0.4, 0.5) is 0 Å². The van der Waals surface area contributed by atoms with E-state index in [0.717, 1.165) is 0 Å². The third-order valence-corrected chi connectivity index (χ3v) is 0.803. The first-order valence-electron chi connectivity index (χ1n) is 2.90. The Kier molecular flexibility index (Phi) is 4.09. The molecule has 0 heterocycles. The zero-order chi connectivity index (χ0) is 7.28. The molecule has 0 aliphatic carbocycles. The molecule has 0 fully saturated rings. The largest absolute Gasteiger partial charge is 0.634 e. The van der Waals surface area contributed by atoms with Crippen LogP contribution in [0.3, 0.4) is 0 Å². The maximum absolute atomic E-state index is 10.3. The predicted octanol–water partition coefficient (Wildman–Crippen LogP) is -0.451. The highest BCUT2D eigenvalue weighted by molar-refractivity contribution is 4.72. The standard InChI is InChI=1S/C6H13NO2/c1-6(2)9-5-4-7(3)8/h7H,1,4-5H2,2-3H3. The van der Waals surface area contributed by atoms with E-state index in [2.05, 4.69) is 6.58 Å². The molecule has 0 aliphatic rings. The van der Waals surface area contributed by atoms with Crippen molar-refractivity contribution < 1.29 is 9.80 Å². The molecular formula is C6H13NO2. The molecular weight excluding hydrogens is 118 g/mol. The van der Waals surface area contributed by atoms with Crippen LogP contribution in [-0.4, -0.2) is 20.2 Å². The lowest BCUT2D eigenvalue weighted by Gasteiger charge is -2.15. The summed E-state index contributed by atoms with van der Waals surface area (Å²) >= 11 is 0. The summed E-state index contributed by atoms with van der Waals surface area (Å²) in [5.74, 6) is 0.663. The summed E-state index contributed by atoms with van der Waals surface area (Å²) in [6.07, 6.45) is 0. The van der Waals surface area contributed by atoms with Gasteiger partial charge in [0, 0.05) is 0 Å². The predicted molar refractivity (Wildman–Crippen MR) is 35.9 cm³/mol. The average Bonchev–Trinajstić information content (AvgIpc) is 1.63. The summed E-state index contributed by atoms with van der Waals surface area (Å²) in [6.45, 7) is 6.22. The first kappa shape index (κ1) is 8.46. The van der Waals surface area contributed by atoms with E-state index in [1.54, 1.807) is 14.0 Å². The molecule has 0 saturated heterocycles. The minimum Gasteiger partial charge on any atom is -0.634 e. The quantitative estimate of drug-likeness (QED) is 0.414. The van der Waals surface area contributed by atoms with Crippen molar-refractivity contribution in [2.24, 2.45) is 0 Å². The maximum Gasteiger partial charge on any atom is 0.137 e. The Labute approximate surface area is 55.5 Å². The minimum absolute atomic E-state index is 0.149. The molecule has 0 rings (SSSR count). The van der Waals surface area contributed by atoms with Crippen LogP contribution in [0.15, 0.2) is 12.3 Å². The van der Waals surface area contributed by atoms with Crippen LogP contribution >= 0.6 is 0 Å². The minimum atomic E-state index is 0.149. The fourth-order valence-corrected chi connectivity index (χ4v) is 0.369. The van der Waals surface area contributed by atoms with E-state index >= 15 is 0 Å². The molecule has 0 spiro atoms. The lowest BCUT2D eigenvalue weighted by Crippen LogP contribution is -3.04. The Bertz CT molecular complexity index is 91.1. The van der Waals surface area contributed by atoms with Gasteiger partial charge in [-0.15, -0.1) is 0 Å². The molecule has 0 aromatic rings. The zero-order valence-corrected chi connectivity index (χ0v) is 5.94. The Balaban J connectivity index is 3.01. The molecule has 1 N–H and O–H groups in total. The number of hydrogen-bond donors (Lipinski definition) is 1. The SMILES string of the molecule is C=C(C)OCC[NH+](C)[O-]. The van der Waals surface area contributed by atoms with Crippen molar-refractivity contribution >= 4 is 0 Å². The van der Waals surface area contributed by atoms with Crippen LogP contribution in [0.5, 0.6) is 0 Å². The summed E-state index contributed by atoms with van der Waals surface area (Å²) in [4.78, 5) is 0. The Morgan fingerprint density at radius 3 is 2.67 bits per heavy atom. The fraction of sp³-hybridized carbons (Fsp3) is 0.667. The van der Waals surface area contributed by atoms with Gasteiger partial charge in [-0.3, -0.25) is 0 Å². The fourth-order valence-electron chi connectivity index (χ4n) is 0.369. The Hall–Kier alpha value is -0.540. The zero-order valence-electron chi connectivity index (χ0n) is 5.94. The summed E-state index contributed by atoms with van der Waals surface area (Å²) in [7, 11) is 1.54. The van der Waals surface area contributed by atoms with E-state index in [1.807, 2.05) is 0 Å². The second kappa shape index (κ2) is 4.35. The normalized spacial score (nSPS) is 12.8. The van der Waals surface area contributed by atoms with Gasteiger partial charge in [0.05, 0.1) is 12.8 Å². The van der Waals surface area contributed by atoms with Crippen LogP contribution in [0, 0.1) is 5.21 Å². The van der Waals surface area contributed by atoms with Gasteiger partial charge in [-0.05, 0) is 6.92 Å². The number of quaternary nitrogens is 1. The van der Waals surface area contributed by atoms with Crippen LogP contribution in [0.25, 0.3) is 0 Å². The van der Waals surface area contributed by atoms with Crippen molar-refractivity contribution in [3.8, 4) is 0 Å². The van der Waals surface area contributed by atoms with Gasteiger partial charge in [0.25, 0.3) is 0 Å². The highest BCUT2D eigenvalue weighted by Crippen LogP contribution is 1.85. The lowest BCUT2D eigenvalue weighted by atomic mass is 10.6. The van der Waals surface area contributed by atoms with Crippen molar-refractivity contribution in [3.05, 3.63) is 17.5 Å². The molecule has 1 unspecified atom stereocenters. The Morgan fingerprint density at radius 2 is 2.33 bits per heavy atom. The van der Waals surface area contributed by atoms with Crippen molar-refractivity contribution in [3.63, 3.8) is 0 Å². The number of hydroxylamine groups is 2. The van der Waals surface area contributed by atoms with Crippen molar-refractivity contribution in [2.45, 2.75) is 6.92 Å². The highest BCUT2D eigenvalue weighted by Gasteiger charge is 1.88. The third kappa shape index (κ3) is 7.46. The number of likely N-dealkylation sites (N-methyl/N-ethyl adjacent to an activating group) is 1. The number of allylic oxidation sites excluding steroid dienone is 1. The second-order valence-corrected chi connectivity index (χ2v) is 2.00. The summed E-state index contributed by atoms with van der Waals surface area (Å²) in [5, 5.41) is 10.5. The molecule has 3 heteroatoms. The summed E-state index contributed by atoms with van der Waals surface area (Å²) in [6, 6.07) is 0. The van der Waals surface area contributed by atoms with Gasteiger partial charge < -0.3 is 15.0 Å². The van der Waals surface area contributed by atoms with Gasteiger partial charge in [-0.2, -0.15) is 0 Å². The van der Waals surface area contributed by atoms with Crippen LogP contribution in [0.1, 0.15) is 6.92 Å². The molecule has 3 nitrogen and oxygen atoms in total. The summed E-state index contributed by atoms with van der Waals surface area (Å²) in [5.41, 5.74) is 0. The molecule has 0 amide bonds. The van der Waals surface area contributed by atoms with Crippen LogP contribution in [0.2, 0.25) is 0 Å². The molecule has 0 aliphatic heterocycles. The van der Waals surface area contributed by atoms with Crippen molar-refractivity contribution in [1.82, 2.24) is 0 Å². The Morgan fingerprint density at radius 1 is 1.78 bits per heavy atom. The monoisotopic (exact) mass is 131 g/mol. The van der Waals surface area contributed by atoms with E-state index < -0.39 is 0 Å². The smallest absolute Gasteiger partial charge is 0.137 e. The summed E-state index contributed by atoms with van der Waals surface area (Å²) < 4.78 is 4.94. The van der Waals surface area contributed by atoms with Gasteiger partial charge >= 0.3 is 0 Å². The molecule has 0 aromatic heterocycles. The molecule has 0 aromatic carbocycles. The van der Waals surface area contributed by atoms with Gasteiger partial charge in [-0.1, -0.05) is 6.58 Å². The average molecular weight is 131 g/mol. The van der Waals surface area contributed by atoms with Gasteiger partial charge in [0.1, 0.15) is 13.2 Å². The number of hydrogen-bond acceptors (Lipinski definition) is 2. The van der Waals surface area contributed by atoms with E-state index in [9.17, 15) is 5.21 Å². The topological polar surface area (TPSA) is 36.7 Å². The van der Waals surface area contributed by atoms with E-state index in [-0.39, 0.29) is 5.06 Å². The van der Waals surface area contributed by atoms with Crippen molar-refractivity contribution in [2.75, 3.05) is 20.2 Å². The molecule has 0 saturated carbocycles. The maximum atomic E-state index is 10.3. The van der Waals surface area contributed by atoms with Gasteiger partial charge in [0.2, 0.25) is 0 Å². The third-order valence-electron chi connectivity index (χ3n) is 0.803. The number of rotatable bonds is 4. The van der Waals surface area contributed by atoms with E-state index in [1.165, 1.54) is 0 Å². The van der Waals surface area contributed by atoms with E-state index in [4.69, 9.17) is 4.74 Å². The number of nitrogens with one attached hydrogen (secondary N) is 1. The first-order valence-corrected chi connectivity index (χ1v) is 2.90. The molecule has 0 radical (unpaired) electrons. The first-order chi connectivity index (χ1) is 4.13. The van der Waals surface area contributed by atoms with Gasteiger partial charge in [0.15, 0.2) is 0 Å². The highest BCUT2D eigenvalue weighted by atomic mass is 16.5. The number of ether oxygens (including phenoxy) is 1. The van der Waals surface area contributed by atoms with Crippen LogP contribution < -0.4 is 5.06 Å².